The molecule has 3 fully saturated rings. The van der Waals surface area contributed by atoms with Gasteiger partial charge in [0.1, 0.15) is 0 Å². The van der Waals surface area contributed by atoms with Gasteiger partial charge in [0.05, 0.1) is 5.60 Å². The molecule has 2 saturated heterocycles. The molecule has 1 spiro atoms. The molecule has 1 saturated carbocycles. The van der Waals surface area contributed by atoms with E-state index in [-0.39, 0.29) is 11.1 Å². The number of nitrogens with two attached hydrogens (primary N) is 1. The summed E-state index contributed by atoms with van der Waals surface area (Å²) in [5.41, 5.74) is 7.27. The maximum absolute atomic E-state index is 6.98. The van der Waals surface area contributed by atoms with Crippen LogP contribution < -0.4 is 5.73 Å². The van der Waals surface area contributed by atoms with Gasteiger partial charge < -0.3 is 10.5 Å². The lowest BCUT2D eigenvalue weighted by atomic mass is 9.70. The lowest BCUT2D eigenvalue weighted by Crippen LogP contribution is -2.53. The molecule has 122 valence electrons. The normalized spacial score (nSPS) is 44.9. The highest BCUT2D eigenvalue weighted by molar-refractivity contribution is 7.99. The van der Waals surface area contributed by atoms with Crippen LogP contribution in [0.15, 0.2) is 0 Å². The average molecular weight is 312 g/mol. The molecule has 0 aromatic heterocycles. The summed E-state index contributed by atoms with van der Waals surface area (Å²) in [5.74, 6) is 4.13. The predicted octanol–water partition coefficient (Wildman–Crippen LogP) is 4.37. The molecule has 4 unspecified atom stereocenters. The Morgan fingerprint density at radius 1 is 1.19 bits per heavy atom. The SMILES string of the molecule is CCCC1CCCC(N)(C2CCOC3(CCSC3)C2)CC1. The molecule has 2 aliphatic heterocycles. The van der Waals surface area contributed by atoms with E-state index in [0.717, 1.165) is 12.5 Å². The van der Waals surface area contributed by atoms with Gasteiger partial charge in [-0.3, -0.25) is 0 Å². The van der Waals surface area contributed by atoms with Crippen LogP contribution in [0, 0.1) is 11.8 Å². The molecule has 2 N–H and O–H groups in total. The van der Waals surface area contributed by atoms with Crippen LogP contribution in [-0.2, 0) is 4.74 Å². The molecule has 2 heterocycles. The first-order valence-electron chi connectivity index (χ1n) is 9.16. The molecule has 4 atom stereocenters. The van der Waals surface area contributed by atoms with Gasteiger partial charge in [0.2, 0.25) is 0 Å². The standard InChI is InChI=1S/C18H33NOS/c1-2-4-15-5-3-8-18(19,9-6-15)16-7-11-20-17(13-16)10-12-21-14-17/h15-16H,2-14,19H2,1H3. The number of hydrogen-bond acceptors (Lipinski definition) is 3. The fourth-order valence-corrected chi connectivity index (χ4v) is 6.33. The van der Waals surface area contributed by atoms with E-state index in [0.29, 0.717) is 5.92 Å². The third-order valence-corrected chi connectivity index (χ3v) is 7.57. The molecule has 3 aliphatic rings. The van der Waals surface area contributed by atoms with Crippen LogP contribution in [0.1, 0.15) is 71.1 Å². The molecule has 21 heavy (non-hydrogen) atoms. The zero-order chi connectivity index (χ0) is 14.8. The van der Waals surface area contributed by atoms with Gasteiger partial charge in [-0.25, -0.2) is 0 Å². The predicted molar refractivity (Wildman–Crippen MR) is 91.8 cm³/mol. The Bertz CT molecular complexity index is 342. The Morgan fingerprint density at radius 2 is 2.10 bits per heavy atom. The third kappa shape index (κ3) is 3.61. The second kappa shape index (κ2) is 6.80. The smallest absolute Gasteiger partial charge is 0.0783 e. The molecule has 1 aliphatic carbocycles. The van der Waals surface area contributed by atoms with Crippen LogP contribution in [0.2, 0.25) is 0 Å². The van der Waals surface area contributed by atoms with Crippen molar-refractivity contribution in [2.24, 2.45) is 17.6 Å². The summed E-state index contributed by atoms with van der Waals surface area (Å²) in [6.07, 6.45) is 13.1. The van der Waals surface area contributed by atoms with Gasteiger partial charge in [0, 0.05) is 17.9 Å². The Kier molecular flexibility index (Phi) is 5.23. The zero-order valence-corrected chi connectivity index (χ0v) is 14.6. The zero-order valence-electron chi connectivity index (χ0n) is 13.7. The largest absolute Gasteiger partial charge is 0.374 e. The summed E-state index contributed by atoms with van der Waals surface area (Å²) in [6, 6.07) is 0. The summed E-state index contributed by atoms with van der Waals surface area (Å²) >= 11 is 2.07. The number of rotatable bonds is 3. The minimum Gasteiger partial charge on any atom is -0.374 e. The summed E-state index contributed by atoms with van der Waals surface area (Å²) in [4.78, 5) is 0. The van der Waals surface area contributed by atoms with Crippen LogP contribution >= 0.6 is 11.8 Å². The topological polar surface area (TPSA) is 35.2 Å². The van der Waals surface area contributed by atoms with Crippen LogP contribution in [0.3, 0.4) is 0 Å². The van der Waals surface area contributed by atoms with E-state index < -0.39 is 0 Å². The van der Waals surface area contributed by atoms with Gasteiger partial charge in [0.25, 0.3) is 0 Å². The molecule has 0 amide bonds. The van der Waals surface area contributed by atoms with Crippen molar-refractivity contribution in [2.45, 2.75) is 82.3 Å². The van der Waals surface area contributed by atoms with E-state index in [1.54, 1.807) is 0 Å². The first-order valence-corrected chi connectivity index (χ1v) is 10.3. The van der Waals surface area contributed by atoms with Crippen LogP contribution in [0.4, 0.5) is 0 Å². The van der Waals surface area contributed by atoms with Crippen LogP contribution in [0.5, 0.6) is 0 Å². The van der Waals surface area contributed by atoms with Crippen molar-refractivity contribution in [2.75, 3.05) is 18.1 Å². The fraction of sp³-hybridized carbons (Fsp3) is 1.00. The third-order valence-electron chi connectivity index (χ3n) is 6.34. The van der Waals surface area contributed by atoms with Crippen molar-refractivity contribution in [1.29, 1.82) is 0 Å². The lowest BCUT2D eigenvalue weighted by molar-refractivity contribution is -0.0939. The van der Waals surface area contributed by atoms with E-state index in [1.165, 1.54) is 75.7 Å². The maximum atomic E-state index is 6.98. The van der Waals surface area contributed by atoms with Crippen molar-refractivity contribution in [3.8, 4) is 0 Å². The van der Waals surface area contributed by atoms with Gasteiger partial charge >= 0.3 is 0 Å². The minimum atomic E-state index is 0.104. The number of thioether (sulfide) groups is 1. The van der Waals surface area contributed by atoms with Gasteiger partial charge in [-0.05, 0) is 56.1 Å². The average Bonchev–Trinajstić information content (AvgIpc) is 2.83. The molecule has 0 aromatic rings. The van der Waals surface area contributed by atoms with E-state index >= 15 is 0 Å². The lowest BCUT2D eigenvalue weighted by Gasteiger charge is -2.46. The number of ether oxygens (including phenoxy) is 1. The highest BCUT2D eigenvalue weighted by Gasteiger charge is 2.46. The maximum Gasteiger partial charge on any atom is 0.0783 e. The van der Waals surface area contributed by atoms with Crippen LogP contribution in [0.25, 0.3) is 0 Å². The molecular formula is C18H33NOS. The highest BCUT2D eigenvalue weighted by atomic mass is 32.2. The Hall–Kier alpha value is 0.270. The van der Waals surface area contributed by atoms with E-state index in [9.17, 15) is 0 Å². The highest BCUT2D eigenvalue weighted by Crippen LogP contribution is 2.46. The monoisotopic (exact) mass is 311 g/mol. The van der Waals surface area contributed by atoms with E-state index in [2.05, 4.69) is 18.7 Å². The first-order chi connectivity index (χ1) is 10.2. The molecule has 2 nitrogen and oxygen atoms in total. The molecule has 0 bridgehead atoms. The quantitative estimate of drug-likeness (QED) is 0.786. The second-order valence-electron chi connectivity index (χ2n) is 7.84. The molecular weight excluding hydrogens is 278 g/mol. The molecule has 0 radical (unpaired) electrons. The molecule has 3 rings (SSSR count). The summed E-state index contributed by atoms with van der Waals surface area (Å²) in [5, 5.41) is 0. The van der Waals surface area contributed by atoms with Crippen molar-refractivity contribution in [3.05, 3.63) is 0 Å². The van der Waals surface area contributed by atoms with Gasteiger partial charge in [-0.2, -0.15) is 11.8 Å². The van der Waals surface area contributed by atoms with Crippen molar-refractivity contribution in [1.82, 2.24) is 0 Å². The van der Waals surface area contributed by atoms with Crippen molar-refractivity contribution < 1.29 is 4.74 Å². The van der Waals surface area contributed by atoms with Crippen molar-refractivity contribution in [3.63, 3.8) is 0 Å². The van der Waals surface area contributed by atoms with E-state index in [4.69, 9.17) is 10.5 Å². The summed E-state index contributed by atoms with van der Waals surface area (Å²) < 4.78 is 6.21. The number of hydrogen-bond donors (Lipinski definition) is 1. The van der Waals surface area contributed by atoms with Gasteiger partial charge in [0.15, 0.2) is 0 Å². The Balaban J connectivity index is 1.64. The molecule has 3 heteroatoms. The Morgan fingerprint density at radius 3 is 2.86 bits per heavy atom. The van der Waals surface area contributed by atoms with Crippen molar-refractivity contribution >= 4 is 11.8 Å². The van der Waals surface area contributed by atoms with Gasteiger partial charge in [-0.15, -0.1) is 0 Å². The van der Waals surface area contributed by atoms with Crippen LogP contribution in [-0.4, -0.2) is 29.3 Å². The second-order valence-corrected chi connectivity index (χ2v) is 8.95. The molecule has 0 aromatic carbocycles. The summed E-state index contributed by atoms with van der Waals surface area (Å²) in [7, 11) is 0. The Labute approximate surface area is 135 Å². The minimum absolute atomic E-state index is 0.104. The van der Waals surface area contributed by atoms with Gasteiger partial charge in [-0.1, -0.05) is 32.6 Å². The summed E-state index contributed by atoms with van der Waals surface area (Å²) in [6.45, 7) is 3.27. The fourth-order valence-electron chi connectivity index (χ4n) is 4.95. The first kappa shape index (κ1) is 16.1. The van der Waals surface area contributed by atoms with E-state index in [1.807, 2.05) is 0 Å².